The third kappa shape index (κ3) is 4.56. The first kappa shape index (κ1) is 19.4. The van der Waals surface area contributed by atoms with Crippen molar-refractivity contribution < 1.29 is 27.8 Å². The number of likely N-dealkylation sites (N-methyl/N-ethyl adjacent to an activating group) is 1. The highest BCUT2D eigenvalue weighted by Gasteiger charge is 2.21. The van der Waals surface area contributed by atoms with Crippen molar-refractivity contribution in [3.63, 3.8) is 0 Å². The van der Waals surface area contributed by atoms with Crippen LogP contribution >= 0.6 is 0 Å². The van der Waals surface area contributed by atoms with E-state index in [-0.39, 0.29) is 24.5 Å². The Morgan fingerprint density at radius 2 is 1.81 bits per heavy atom. The average molecular weight is 363 g/mol. The van der Waals surface area contributed by atoms with Crippen molar-refractivity contribution >= 4 is 17.6 Å². The molecule has 0 bridgehead atoms. The van der Waals surface area contributed by atoms with E-state index in [1.807, 2.05) is 0 Å². The van der Waals surface area contributed by atoms with E-state index in [1.165, 1.54) is 4.90 Å². The first-order valence-electron chi connectivity index (χ1n) is 8.12. The molecule has 2 aromatic carbocycles. The molecule has 0 radical (unpaired) electrons. The molecule has 2 rings (SSSR count). The predicted molar refractivity (Wildman–Crippen MR) is 92.3 cm³/mol. The molecule has 5 nitrogen and oxygen atoms in total. The predicted octanol–water partition coefficient (Wildman–Crippen LogP) is 3.57. The largest absolute Gasteiger partial charge is 0.481 e. The first-order chi connectivity index (χ1) is 12.5. The molecule has 2 aromatic rings. The number of ether oxygens (including phenoxy) is 2. The number of carbonyl (C=O) groups is 2. The number of anilines is 1. The third-order valence-electron chi connectivity index (χ3n) is 3.55. The van der Waals surface area contributed by atoms with Gasteiger partial charge in [0.1, 0.15) is 5.82 Å². The first-order valence-corrected chi connectivity index (χ1v) is 8.12. The van der Waals surface area contributed by atoms with Gasteiger partial charge in [-0.1, -0.05) is 12.1 Å². The van der Waals surface area contributed by atoms with Crippen LogP contribution in [0.25, 0.3) is 0 Å². The monoisotopic (exact) mass is 363 g/mol. The van der Waals surface area contributed by atoms with Crippen molar-refractivity contribution in [1.29, 1.82) is 0 Å². The highest BCUT2D eigenvalue weighted by Crippen LogP contribution is 2.22. The number of amides is 1. The van der Waals surface area contributed by atoms with Crippen molar-refractivity contribution in [2.45, 2.75) is 13.8 Å². The molecule has 0 unspecified atom stereocenters. The van der Waals surface area contributed by atoms with E-state index in [2.05, 4.69) is 0 Å². The molecule has 7 heteroatoms. The van der Waals surface area contributed by atoms with E-state index in [0.717, 1.165) is 12.1 Å². The Morgan fingerprint density at radius 3 is 2.46 bits per heavy atom. The summed E-state index contributed by atoms with van der Waals surface area (Å²) in [7, 11) is 0. The van der Waals surface area contributed by atoms with Crippen LogP contribution in [0.5, 0.6) is 5.75 Å². The summed E-state index contributed by atoms with van der Waals surface area (Å²) in [5, 5.41) is 0. The minimum atomic E-state index is -0.896. The molecule has 0 heterocycles. The number of hydrogen-bond donors (Lipinski definition) is 0. The van der Waals surface area contributed by atoms with Gasteiger partial charge in [-0.2, -0.15) is 0 Å². The zero-order valence-electron chi connectivity index (χ0n) is 14.5. The van der Waals surface area contributed by atoms with Crippen LogP contribution in [-0.4, -0.2) is 31.6 Å². The Bertz CT molecular complexity index is 795. The zero-order chi connectivity index (χ0) is 19.1. The summed E-state index contributed by atoms with van der Waals surface area (Å²) in [6.07, 6.45) is 0. The number of halogens is 2. The molecule has 0 N–H and O–H groups in total. The molecule has 0 saturated carbocycles. The minimum absolute atomic E-state index is 0.209. The van der Waals surface area contributed by atoms with Gasteiger partial charge in [-0.05, 0) is 38.1 Å². The normalized spacial score (nSPS) is 10.3. The molecule has 138 valence electrons. The Balaban J connectivity index is 2.17. The average Bonchev–Trinajstić information content (AvgIpc) is 2.62. The van der Waals surface area contributed by atoms with Crippen molar-refractivity contribution in [3.05, 3.63) is 59.7 Å². The second kappa shape index (κ2) is 8.94. The van der Waals surface area contributed by atoms with Gasteiger partial charge < -0.3 is 14.4 Å². The number of esters is 1. The third-order valence-corrected chi connectivity index (χ3v) is 3.55. The number of nitrogens with zero attached hydrogens (tertiary/aromatic N) is 1. The van der Waals surface area contributed by atoms with E-state index >= 15 is 0 Å². The summed E-state index contributed by atoms with van der Waals surface area (Å²) < 4.78 is 36.7. The van der Waals surface area contributed by atoms with E-state index in [1.54, 1.807) is 38.1 Å². The van der Waals surface area contributed by atoms with Crippen molar-refractivity contribution in [2.24, 2.45) is 0 Å². The van der Waals surface area contributed by atoms with Crippen molar-refractivity contribution in [1.82, 2.24) is 0 Å². The molecular weight excluding hydrogens is 344 g/mol. The highest BCUT2D eigenvalue weighted by atomic mass is 19.1. The molecule has 0 saturated heterocycles. The summed E-state index contributed by atoms with van der Waals surface area (Å²) in [6, 6.07) is 9.35. The van der Waals surface area contributed by atoms with E-state index < -0.39 is 30.1 Å². The van der Waals surface area contributed by atoms with Crippen molar-refractivity contribution in [3.8, 4) is 5.75 Å². The Labute approximate surface area is 150 Å². The number of carbonyl (C=O) groups excluding carboxylic acids is 2. The summed E-state index contributed by atoms with van der Waals surface area (Å²) in [4.78, 5) is 25.9. The van der Waals surface area contributed by atoms with Gasteiger partial charge >= 0.3 is 5.97 Å². The number of rotatable bonds is 7. The number of para-hydroxylation sites is 1. The lowest BCUT2D eigenvalue weighted by atomic mass is 10.1. The lowest BCUT2D eigenvalue weighted by Crippen LogP contribution is -2.36. The van der Waals surface area contributed by atoms with Crippen LogP contribution in [0.3, 0.4) is 0 Å². The van der Waals surface area contributed by atoms with Crippen LogP contribution in [0.15, 0.2) is 42.5 Å². The standard InChI is InChI=1S/C19H19F2NO4/c1-3-22(16-8-6-5-7-14(16)19(24)25-4-2)18(23)12-26-17-10-9-13(20)11-15(17)21/h5-11H,3-4,12H2,1-2H3. The van der Waals surface area contributed by atoms with Gasteiger partial charge in [0.15, 0.2) is 18.2 Å². The molecule has 0 fully saturated rings. The zero-order valence-corrected chi connectivity index (χ0v) is 14.5. The maximum absolute atomic E-state index is 13.6. The number of hydrogen-bond acceptors (Lipinski definition) is 4. The fourth-order valence-electron chi connectivity index (χ4n) is 2.38. The molecule has 0 aliphatic carbocycles. The summed E-state index contributed by atoms with van der Waals surface area (Å²) in [5.74, 6) is -2.88. The lowest BCUT2D eigenvalue weighted by Gasteiger charge is -2.23. The Morgan fingerprint density at radius 1 is 1.08 bits per heavy atom. The Hall–Kier alpha value is -2.96. The molecule has 0 aliphatic rings. The van der Waals surface area contributed by atoms with Crippen LogP contribution in [0.1, 0.15) is 24.2 Å². The summed E-state index contributed by atoms with van der Waals surface area (Å²) in [5.41, 5.74) is 0.624. The molecule has 1 amide bonds. The lowest BCUT2D eigenvalue weighted by molar-refractivity contribution is -0.120. The molecule has 0 aromatic heterocycles. The molecule has 26 heavy (non-hydrogen) atoms. The van der Waals surface area contributed by atoms with Crippen LogP contribution in [0.4, 0.5) is 14.5 Å². The van der Waals surface area contributed by atoms with E-state index in [9.17, 15) is 18.4 Å². The number of benzene rings is 2. The van der Waals surface area contributed by atoms with Crippen LogP contribution in [0, 0.1) is 11.6 Å². The van der Waals surface area contributed by atoms with Crippen molar-refractivity contribution in [2.75, 3.05) is 24.7 Å². The van der Waals surface area contributed by atoms with Gasteiger partial charge in [-0.25, -0.2) is 13.6 Å². The van der Waals surface area contributed by atoms with Crippen LogP contribution in [-0.2, 0) is 9.53 Å². The molecule has 0 aliphatic heterocycles. The van der Waals surface area contributed by atoms with E-state index in [4.69, 9.17) is 9.47 Å². The van der Waals surface area contributed by atoms with Crippen LogP contribution < -0.4 is 9.64 Å². The minimum Gasteiger partial charge on any atom is -0.481 e. The van der Waals surface area contributed by atoms with Gasteiger partial charge in [0, 0.05) is 12.6 Å². The maximum atomic E-state index is 13.6. The van der Waals surface area contributed by atoms with Gasteiger partial charge in [0.25, 0.3) is 5.91 Å². The SMILES string of the molecule is CCOC(=O)c1ccccc1N(CC)C(=O)COc1ccc(F)cc1F. The van der Waals surface area contributed by atoms with Gasteiger partial charge in [0.05, 0.1) is 17.9 Å². The van der Waals surface area contributed by atoms with Gasteiger partial charge in [-0.3, -0.25) is 4.79 Å². The Kier molecular flexibility index (Phi) is 6.66. The fraction of sp³-hybridized carbons (Fsp3) is 0.263. The van der Waals surface area contributed by atoms with Crippen LogP contribution in [0.2, 0.25) is 0 Å². The highest BCUT2D eigenvalue weighted by molar-refractivity contribution is 6.03. The summed E-state index contributed by atoms with van der Waals surface area (Å²) >= 11 is 0. The quantitative estimate of drug-likeness (QED) is 0.706. The molecule has 0 atom stereocenters. The molecule has 0 spiro atoms. The second-order valence-electron chi connectivity index (χ2n) is 5.24. The van der Waals surface area contributed by atoms with E-state index in [0.29, 0.717) is 11.8 Å². The second-order valence-corrected chi connectivity index (χ2v) is 5.24. The summed E-state index contributed by atoms with van der Waals surface area (Å²) in [6.45, 7) is 3.44. The molecular formula is C19H19F2NO4. The smallest absolute Gasteiger partial charge is 0.340 e. The fourth-order valence-corrected chi connectivity index (χ4v) is 2.38. The maximum Gasteiger partial charge on any atom is 0.340 e. The topological polar surface area (TPSA) is 55.8 Å². The van der Waals surface area contributed by atoms with Gasteiger partial charge in [-0.15, -0.1) is 0 Å². The van der Waals surface area contributed by atoms with Gasteiger partial charge in [0.2, 0.25) is 0 Å².